The number of rotatable bonds is 8. The highest BCUT2D eigenvalue weighted by atomic mass is 16.5. The first-order chi connectivity index (χ1) is 7.33. The summed E-state index contributed by atoms with van der Waals surface area (Å²) in [5, 5.41) is 3.40. The average Bonchev–Trinajstić information content (AvgIpc) is 2.14. The van der Waals surface area contributed by atoms with E-state index in [4.69, 9.17) is 4.74 Å². The van der Waals surface area contributed by atoms with Crippen molar-refractivity contribution in [2.45, 2.75) is 52.7 Å². The summed E-state index contributed by atoms with van der Waals surface area (Å²) >= 11 is 0. The van der Waals surface area contributed by atoms with E-state index in [1.807, 2.05) is 0 Å². The molecule has 98 valence electrons. The zero-order chi connectivity index (χ0) is 12.6. The lowest BCUT2D eigenvalue weighted by Gasteiger charge is -2.21. The smallest absolute Gasteiger partial charge is 0.0599 e. The Bertz CT molecular complexity index is 164. The molecule has 0 saturated carbocycles. The second kappa shape index (κ2) is 8.04. The van der Waals surface area contributed by atoms with Crippen molar-refractivity contribution in [2.24, 2.45) is 0 Å². The molecule has 0 aliphatic rings. The molecule has 3 nitrogen and oxygen atoms in total. The molecule has 0 aromatic rings. The monoisotopic (exact) mass is 230 g/mol. The van der Waals surface area contributed by atoms with E-state index >= 15 is 0 Å². The fraction of sp³-hybridized carbons (Fsp3) is 1.00. The van der Waals surface area contributed by atoms with E-state index in [9.17, 15) is 0 Å². The minimum atomic E-state index is -0.0143. The van der Waals surface area contributed by atoms with Gasteiger partial charge in [0.1, 0.15) is 0 Å². The first-order valence-corrected chi connectivity index (χ1v) is 6.38. The molecule has 0 amide bonds. The van der Waals surface area contributed by atoms with Crippen LogP contribution < -0.4 is 5.32 Å². The van der Waals surface area contributed by atoms with Gasteiger partial charge in [-0.1, -0.05) is 0 Å². The van der Waals surface area contributed by atoms with E-state index in [1.54, 1.807) is 0 Å². The molecule has 16 heavy (non-hydrogen) atoms. The van der Waals surface area contributed by atoms with Gasteiger partial charge in [0, 0.05) is 12.6 Å². The van der Waals surface area contributed by atoms with Crippen LogP contribution in [0.3, 0.4) is 0 Å². The molecule has 1 N–H and O–H groups in total. The van der Waals surface area contributed by atoms with Crippen molar-refractivity contribution in [2.75, 3.05) is 33.3 Å². The van der Waals surface area contributed by atoms with Gasteiger partial charge in [0.15, 0.2) is 0 Å². The Morgan fingerprint density at radius 2 is 1.81 bits per heavy atom. The van der Waals surface area contributed by atoms with E-state index in [1.165, 1.54) is 6.42 Å². The van der Waals surface area contributed by atoms with Gasteiger partial charge in [0.25, 0.3) is 0 Å². The van der Waals surface area contributed by atoms with E-state index in [0.29, 0.717) is 6.04 Å². The molecule has 0 atom stereocenters. The van der Waals surface area contributed by atoms with Gasteiger partial charge >= 0.3 is 0 Å². The van der Waals surface area contributed by atoms with Crippen LogP contribution in [0.25, 0.3) is 0 Å². The molecule has 0 radical (unpaired) electrons. The van der Waals surface area contributed by atoms with Crippen LogP contribution >= 0.6 is 0 Å². The molecule has 0 aliphatic heterocycles. The number of nitrogens with one attached hydrogen (secondary N) is 1. The third kappa shape index (κ3) is 10.4. The highest BCUT2D eigenvalue weighted by Gasteiger charge is 2.08. The Morgan fingerprint density at radius 3 is 2.31 bits per heavy atom. The topological polar surface area (TPSA) is 24.5 Å². The Morgan fingerprint density at radius 1 is 1.19 bits per heavy atom. The van der Waals surface area contributed by atoms with Gasteiger partial charge in [-0.25, -0.2) is 0 Å². The Hall–Kier alpha value is -0.120. The molecule has 0 saturated heterocycles. The maximum atomic E-state index is 5.62. The summed E-state index contributed by atoms with van der Waals surface area (Å²) < 4.78 is 5.62. The molecular formula is C13H30N2O. The Balaban J connectivity index is 3.22. The van der Waals surface area contributed by atoms with Gasteiger partial charge in [-0.05, 0) is 61.2 Å². The quantitative estimate of drug-likeness (QED) is 0.646. The minimum absolute atomic E-state index is 0.0143. The molecule has 0 rings (SSSR count). The maximum absolute atomic E-state index is 5.62. The normalized spacial score (nSPS) is 12.8. The third-order valence-electron chi connectivity index (χ3n) is 2.56. The van der Waals surface area contributed by atoms with Crippen LogP contribution in [-0.4, -0.2) is 49.8 Å². The van der Waals surface area contributed by atoms with Gasteiger partial charge in [0.05, 0.1) is 12.2 Å². The lowest BCUT2D eigenvalue weighted by atomic mass is 10.2. The molecule has 0 unspecified atom stereocenters. The van der Waals surface area contributed by atoms with Crippen LogP contribution in [0.4, 0.5) is 0 Å². The zero-order valence-electron chi connectivity index (χ0n) is 12.0. The lowest BCUT2D eigenvalue weighted by molar-refractivity contribution is -0.000791. The predicted octanol–water partition coefficient (Wildman–Crippen LogP) is 2.12. The maximum Gasteiger partial charge on any atom is 0.0599 e. The van der Waals surface area contributed by atoms with Gasteiger partial charge in [-0.3, -0.25) is 0 Å². The van der Waals surface area contributed by atoms with Crippen LogP contribution in [0.1, 0.15) is 41.0 Å². The molecule has 0 fully saturated rings. The van der Waals surface area contributed by atoms with E-state index in [2.05, 4.69) is 51.9 Å². The highest BCUT2D eigenvalue weighted by Crippen LogP contribution is 2.04. The molecule has 0 aliphatic carbocycles. The average molecular weight is 230 g/mol. The Kier molecular flexibility index (Phi) is 7.98. The number of nitrogens with zero attached hydrogens (tertiary/aromatic N) is 1. The number of ether oxygens (including phenoxy) is 1. The van der Waals surface area contributed by atoms with Gasteiger partial charge in [0.2, 0.25) is 0 Å². The number of hydrogen-bond acceptors (Lipinski definition) is 3. The lowest BCUT2D eigenvalue weighted by Crippen LogP contribution is -2.31. The molecule has 0 spiro atoms. The van der Waals surface area contributed by atoms with E-state index in [0.717, 1.165) is 26.2 Å². The van der Waals surface area contributed by atoms with Crippen molar-refractivity contribution in [3.8, 4) is 0 Å². The van der Waals surface area contributed by atoms with Crippen LogP contribution in [0.15, 0.2) is 0 Å². The van der Waals surface area contributed by atoms with E-state index in [-0.39, 0.29) is 5.60 Å². The molecule has 0 aromatic heterocycles. The van der Waals surface area contributed by atoms with Crippen molar-refractivity contribution < 1.29 is 4.74 Å². The second-order valence-electron chi connectivity index (χ2n) is 5.64. The Labute approximate surface area is 102 Å². The minimum Gasteiger partial charge on any atom is -0.375 e. The summed E-state index contributed by atoms with van der Waals surface area (Å²) in [5.41, 5.74) is -0.0143. The van der Waals surface area contributed by atoms with Gasteiger partial charge in [-0.15, -0.1) is 0 Å². The van der Waals surface area contributed by atoms with Crippen molar-refractivity contribution in [3.63, 3.8) is 0 Å². The van der Waals surface area contributed by atoms with Crippen LogP contribution in [0.5, 0.6) is 0 Å². The summed E-state index contributed by atoms with van der Waals surface area (Å²) in [6, 6.07) is 0.643. The zero-order valence-corrected chi connectivity index (χ0v) is 12.0. The van der Waals surface area contributed by atoms with Gasteiger partial charge in [-0.2, -0.15) is 0 Å². The summed E-state index contributed by atoms with van der Waals surface area (Å²) in [5.74, 6) is 0. The van der Waals surface area contributed by atoms with Crippen molar-refractivity contribution in [1.29, 1.82) is 0 Å². The molecular weight excluding hydrogens is 200 g/mol. The first-order valence-electron chi connectivity index (χ1n) is 6.38. The SMILES string of the molecule is CC(C)N(C)CCCNCCOC(C)(C)C. The van der Waals surface area contributed by atoms with Crippen LogP contribution in [0, 0.1) is 0 Å². The predicted molar refractivity (Wildman–Crippen MR) is 71.0 cm³/mol. The second-order valence-corrected chi connectivity index (χ2v) is 5.64. The molecule has 0 heterocycles. The van der Waals surface area contributed by atoms with Gasteiger partial charge < -0.3 is 15.0 Å². The fourth-order valence-corrected chi connectivity index (χ4v) is 1.27. The molecule has 0 aromatic carbocycles. The summed E-state index contributed by atoms with van der Waals surface area (Å²) in [4.78, 5) is 2.37. The summed E-state index contributed by atoms with van der Waals surface area (Å²) in [6.07, 6.45) is 1.20. The van der Waals surface area contributed by atoms with E-state index < -0.39 is 0 Å². The van der Waals surface area contributed by atoms with Crippen molar-refractivity contribution in [1.82, 2.24) is 10.2 Å². The van der Waals surface area contributed by atoms with Crippen molar-refractivity contribution in [3.05, 3.63) is 0 Å². The van der Waals surface area contributed by atoms with Crippen LogP contribution in [-0.2, 0) is 4.74 Å². The highest BCUT2D eigenvalue weighted by molar-refractivity contribution is 4.60. The standard InChI is InChI=1S/C13H30N2O/c1-12(2)15(6)10-7-8-14-9-11-16-13(3,4)5/h12,14H,7-11H2,1-6H3. The fourth-order valence-electron chi connectivity index (χ4n) is 1.27. The third-order valence-corrected chi connectivity index (χ3v) is 2.56. The molecule has 0 bridgehead atoms. The molecule has 3 heteroatoms. The van der Waals surface area contributed by atoms with Crippen LogP contribution in [0.2, 0.25) is 0 Å². The summed E-state index contributed by atoms with van der Waals surface area (Å²) in [7, 11) is 2.17. The summed E-state index contributed by atoms with van der Waals surface area (Å²) in [6.45, 7) is 14.7. The number of hydrogen-bond donors (Lipinski definition) is 1. The first kappa shape index (κ1) is 15.9. The largest absolute Gasteiger partial charge is 0.375 e. The van der Waals surface area contributed by atoms with Crippen molar-refractivity contribution >= 4 is 0 Å².